The van der Waals surface area contributed by atoms with E-state index in [0.717, 1.165) is 0 Å². The summed E-state index contributed by atoms with van der Waals surface area (Å²) < 4.78 is 37.7. The van der Waals surface area contributed by atoms with Crippen LogP contribution in [0.25, 0.3) is 0 Å². The van der Waals surface area contributed by atoms with Crippen LogP contribution in [0.15, 0.2) is 28.7 Å². The standard InChI is InChI=1S/C10H8BrF3O2/c11-7-3-1-2-6(4-7)5-8(9(15)16)10(12,13)14/h1-4,8H,5H2,(H,15,16). The lowest BCUT2D eigenvalue weighted by molar-refractivity contribution is -0.193. The Bertz CT molecular complexity index is 390. The molecular formula is C10H8BrF3O2. The molecule has 0 bridgehead atoms. The summed E-state index contributed by atoms with van der Waals surface area (Å²) in [6, 6.07) is 6.16. The molecule has 1 aromatic rings. The molecule has 0 aliphatic heterocycles. The van der Waals surface area contributed by atoms with E-state index in [4.69, 9.17) is 5.11 Å². The molecule has 0 spiro atoms. The highest BCUT2D eigenvalue weighted by Crippen LogP contribution is 2.29. The first-order valence-corrected chi connectivity index (χ1v) is 5.14. The number of hydrogen-bond acceptors (Lipinski definition) is 1. The first-order valence-electron chi connectivity index (χ1n) is 4.34. The van der Waals surface area contributed by atoms with Gasteiger partial charge in [-0.1, -0.05) is 28.1 Å². The van der Waals surface area contributed by atoms with E-state index >= 15 is 0 Å². The molecule has 16 heavy (non-hydrogen) atoms. The fourth-order valence-corrected chi connectivity index (χ4v) is 1.69. The predicted molar refractivity (Wildman–Crippen MR) is 55.0 cm³/mol. The van der Waals surface area contributed by atoms with E-state index in [1.54, 1.807) is 12.1 Å². The third-order valence-corrected chi connectivity index (χ3v) is 2.52. The molecule has 0 radical (unpaired) electrons. The third-order valence-electron chi connectivity index (χ3n) is 2.02. The van der Waals surface area contributed by atoms with Crippen molar-refractivity contribution < 1.29 is 23.1 Å². The van der Waals surface area contributed by atoms with E-state index in [-0.39, 0.29) is 0 Å². The van der Waals surface area contributed by atoms with Gasteiger partial charge in [0.15, 0.2) is 5.92 Å². The van der Waals surface area contributed by atoms with E-state index < -0.39 is 24.5 Å². The SMILES string of the molecule is O=C(O)C(Cc1cccc(Br)c1)C(F)(F)F. The summed E-state index contributed by atoms with van der Waals surface area (Å²) in [7, 11) is 0. The Morgan fingerprint density at radius 1 is 1.44 bits per heavy atom. The molecule has 2 nitrogen and oxygen atoms in total. The van der Waals surface area contributed by atoms with Crippen LogP contribution in [0.3, 0.4) is 0 Å². The first kappa shape index (κ1) is 13.0. The van der Waals surface area contributed by atoms with E-state index in [9.17, 15) is 18.0 Å². The summed E-state index contributed by atoms with van der Waals surface area (Å²) in [5.41, 5.74) is 0.333. The normalized spacial score (nSPS) is 13.5. The molecule has 0 aliphatic carbocycles. The second kappa shape index (κ2) is 4.86. The van der Waals surface area contributed by atoms with Crippen molar-refractivity contribution in [2.75, 3.05) is 0 Å². The zero-order valence-corrected chi connectivity index (χ0v) is 9.55. The molecule has 0 fully saturated rings. The molecule has 0 saturated heterocycles. The molecule has 0 aromatic heterocycles. The summed E-state index contributed by atoms with van der Waals surface area (Å²) in [4.78, 5) is 10.5. The fraction of sp³-hybridized carbons (Fsp3) is 0.300. The molecule has 0 amide bonds. The molecule has 0 saturated carbocycles. The Morgan fingerprint density at radius 3 is 2.50 bits per heavy atom. The number of halogens is 4. The van der Waals surface area contributed by atoms with Crippen molar-refractivity contribution in [1.82, 2.24) is 0 Å². The van der Waals surface area contributed by atoms with E-state index in [1.807, 2.05) is 0 Å². The van der Waals surface area contributed by atoms with Crippen molar-refractivity contribution in [3.8, 4) is 0 Å². The summed E-state index contributed by atoms with van der Waals surface area (Å²) in [6.45, 7) is 0. The largest absolute Gasteiger partial charge is 0.481 e. The maximum Gasteiger partial charge on any atom is 0.402 e. The Morgan fingerprint density at radius 2 is 2.06 bits per heavy atom. The van der Waals surface area contributed by atoms with Crippen LogP contribution < -0.4 is 0 Å². The number of hydrogen-bond donors (Lipinski definition) is 1. The average Bonchev–Trinajstić information content (AvgIpc) is 2.12. The minimum absolute atomic E-state index is 0.333. The molecule has 1 unspecified atom stereocenters. The first-order chi connectivity index (χ1) is 7.30. The topological polar surface area (TPSA) is 37.3 Å². The van der Waals surface area contributed by atoms with Crippen LogP contribution in [-0.4, -0.2) is 17.3 Å². The zero-order valence-electron chi connectivity index (χ0n) is 7.96. The van der Waals surface area contributed by atoms with Gasteiger partial charge in [-0.05, 0) is 24.1 Å². The lowest BCUT2D eigenvalue weighted by atomic mass is 9.99. The Balaban J connectivity index is 2.89. The van der Waals surface area contributed by atoms with Crippen molar-refractivity contribution in [3.63, 3.8) is 0 Å². The number of carbonyl (C=O) groups is 1. The van der Waals surface area contributed by atoms with Crippen molar-refractivity contribution in [3.05, 3.63) is 34.3 Å². The fourth-order valence-electron chi connectivity index (χ4n) is 1.24. The van der Waals surface area contributed by atoms with Crippen molar-refractivity contribution in [2.45, 2.75) is 12.6 Å². The maximum atomic E-state index is 12.4. The zero-order chi connectivity index (χ0) is 12.3. The number of benzene rings is 1. The van der Waals surface area contributed by atoms with Crippen LogP contribution in [0.2, 0.25) is 0 Å². The van der Waals surface area contributed by atoms with Crippen molar-refractivity contribution >= 4 is 21.9 Å². The summed E-state index contributed by atoms with van der Waals surface area (Å²) in [6.07, 6.45) is -5.29. The molecule has 1 atom stereocenters. The van der Waals surface area contributed by atoms with Crippen LogP contribution in [0.5, 0.6) is 0 Å². The second-order valence-corrected chi connectivity index (χ2v) is 4.18. The van der Waals surface area contributed by atoms with E-state index in [0.29, 0.717) is 10.0 Å². The van der Waals surface area contributed by atoms with Crippen LogP contribution in [0.1, 0.15) is 5.56 Å². The minimum Gasteiger partial charge on any atom is -0.481 e. The van der Waals surface area contributed by atoms with Crippen molar-refractivity contribution in [2.24, 2.45) is 5.92 Å². The number of rotatable bonds is 3. The van der Waals surface area contributed by atoms with Gasteiger partial charge in [-0.3, -0.25) is 4.79 Å². The monoisotopic (exact) mass is 296 g/mol. The van der Waals surface area contributed by atoms with Gasteiger partial charge in [0.1, 0.15) is 0 Å². The summed E-state index contributed by atoms with van der Waals surface area (Å²) in [5.74, 6) is -4.21. The molecule has 1 aromatic carbocycles. The van der Waals surface area contributed by atoms with Crippen LogP contribution in [0, 0.1) is 5.92 Å². The van der Waals surface area contributed by atoms with E-state index in [1.165, 1.54) is 12.1 Å². The molecule has 88 valence electrons. The van der Waals surface area contributed by atoms with Gasteiger partial charge in [-0.2, -0.15) is 13.2 Å². The second-order valence-electron chi connectivity index (χ2n) is 3.27. The summed E-state index contributed by atoms with van der Waals surface area (Å²) >= 11 is 3.11. The van der Waals surface area contributed by atoms with Gasteiger partial charge in [-0.15, -0.1) is 0 Å². The molecule has 1 N–H and O–H groups in total. The number of aliphatic carboxylic acids is 1. The Labute approximate surface area is 98.2 Å². The van der Waals surface area contributed by atoms with Gasteiger partial charge in [0, 0.05) is 4.47 Å². The predicted octanol–water partition coefficient (Wildman–Crippen LogP) is 3.25. The Hall–Kier alpha value is -1.04. The van der Waals surface area contributed by atoms with E-state index in [2.05, 4.69) is 15.9 Å². The van der Waals surface area contributed by atoms with Gasteiger partial charge in [-0.25, -0.2) is 0 Å². The minimum atomic E-state index is -4.73. The van der Waals surface area contributed by atoms with Gasteiger partial charge in [0.05, 0.1) is 0 Å². The van der Waals surface area contributed by atoms with Gasteiger partial charge >= 0.3 is 12.1 Å². The summed E-state index contributed by atoms with van der Waals surface area (Å²) in [5, 5.41) is 8.51. The highest BCUT2D eigenvalue weighted by molar-refractivity contribution is 9.10. The highest BCUT2D eigenvalue weighted by Gasteiger charge is 2.44. The van der Waals surface area contributed by atoms with Crippen LogP contribution in [-0.2, 0) is 11.2 Å². The molecule has 0 aliphatic rings. The van der Waals surface area contributed by atoms with Crippen LogP contribution in [0.4, 0.5) is 13.2 Å². The lowest BCUT2D eigenvalue weighted by Crippen LogP contribution is -2.32. The maximum absolute atomic E-state index is 12.4. The quantitative estimate of drug-likeness (QED) is 0.930. The highest BCUT2D eigenvalue weighted by atomic mass is 79.9. The number of alkyl halides is 3. The van der Waals surface area contributed by atoms with Gasteiger partial charge in [0.2, 0.25) is 0 Å². The molecular weight excluding hydrogens is 289 g/mol. The molecule has 6 heteroatoms. The van der Waals surface area contributed by atoms with Crippen molar-refractivity contribution in [1.29, 1.82) is 0 Å². The smallest absolute Gasteiger partial charge is 0.402 e. The average molecular weight is 297 g/mol. The molecule has 1 rings (SSSR count). The lowest BCUT2D eigenvalue weighted by Gasteiger charge is -2.15. The number of carboxylic acids is 1. The third kappa shape index (κ3) is 3.52. The van der Waals surface area contributed by atoms with Crippen LogP contribution >= 0.6 is 15.9 Å². The molecule has 0 heterocycles. The number of carboxylic acid groups (broad SMARTS) is 1. The Kier molecular flexibility index (Phi) is 3.96. The van der Waals surface area contributed by atoms with Gasteiger partial charge in [0.25, 0.3) is 0 Å². The van der Waals surface area contributed by atoms with Gasteiger partial charge < -0.3 is 5.11 Å².